The summed E-state index contributed by atoms with van der Waals surface area (Å²) in [5, 5.41) is 8.93. The van der Waals surface area contributed by atoms with Gasteiger partial charge in [0, 0.05) is 0 Å². The minimum atomic E-state index is -0.587. The minimum Gasteiger partial charge on any atom is -0.395 e. The number of benzene rings is 1. The molecule has 0 spiro atoms. The first-order valence-electron chi connectivity index (χ1n) is 4.33. The molecule has 76 valence electrons. The summed E-state index contributed by atoms with van der Waals surface area (Å²) >= 11 is 0. The van der Waals surface area contributed by atoms with E-state index in [1.54, 1.807) is 0 Å². The summed E-state index contributed by atoms with van der Waals surface area (Å²) in [6.45, 7) is -0.259. The lowest BCUT2D eigenvalue weighted by Crippen LogP contribution is -2.25. The van der Waals surface area contributed by atoms with Gasteiger partial charge in [-0.2, -0.15) is 5.90 Å². The van der Waals surface area contributed by atoms with Crippen LogP contribution in [0.2, 0.25) is 0 Å². The molecule has 0 amide bonds. The summed E-state index contributed by atoms with van der Waals surface area (Å²) in [5.74, 6) is 3.57. The Morgan fingerprint density at radius 2 is 2.07 bits per heavy atom. The van der Waals surface area contributed by atoms with E-state index in [-0.39, 0.29) is 6.61 Å². The number of carbonyl (C=O) groups excluding carboxylic acids is 1. The normalized spacial score (nSPS) is 12.1. The van der Waals surface area contributed by atoms with Crippen molar-refractivity contribution >= 4 is 5.97 Å². The molecule has 14 heavy (non-hydrogen) atoms. The number of carbonyl (C=O) groups is 1. The number of nitrogens with two attached hydrogens (primary N) is 1. The average Bonchev–Trinajstić information content (AvgIpc) is 2.26. The first-order valence-corrected chi connectivity index (χ1v) is 4.33. The van der Waals surface area contributed by atoms with Gasteiger partial charge in [0.05, 0.1) is 12.5 Å². The lowest BCUT2D eigenvalue weighted by Gasteiger charge is -2.10. The van der Waals surface area contributed by atoms with Gasteiger partial charge < -0.3 is 9.94 Å². The molecule has 1 unspecified atom stereocenters. The summed E-state index contributed by atoms with van der Waals surface area (Å²) in [6.07, 6.45) is 0.438. The highest BCUT2D eigenvalue weighted by molar-refractivity contribution is 5.72. The van der Waals surface area contributed by atoms with Gasteiger partial charge in [-0.05, 0) is 12.0 Å². The maximum absolute atomic E-state index is 11.0. The molecule has 4 nitrogen and oxygen atoms in total. The van der Waals surface area contributed by atoms with Crippen LogP contribution in [0.25, 0.3) is 0 Å². The van der Waals surface area contributed by atoms with E-state index in [4.69, 9.17) is 11.0 Å². The summed E-state index contributed by atoms with van der Waals surface area (Å²) in [4.78, 5) is 15.1. The summed E-state index contributed by atoms with van der Waals surface area (Å²) in [7, 11) is 0. The zero-order valence-corrected chi connectivity index (χ0v) is 7.72. The lowest BCUT2D eigenvalue weighted by molar-refractivity contribution is -0.150. The predicted octanol–water partition coefficient (Wildman–Crippen LogP) is 0.254. The van der Waals surface area contributed by atoms with Gasteiger partial charge in [0.2, 0.25) is 0 Å². The van der Waals surface area contributed by atoms with Crippen LogP contribution in [0.1, 0.15) is 5.56 Å². The fourth-order valence-corrected chi connectivity index (χ4v) is 1.22. The number of hydrogen-bond donors (Lipinski definition) is 2. The number of hydrogen-bond acceptors (Lipinski definition) is 4. The van der Waals surface area contributed by atoms with E-state index in [1.807, 2.05) is 30.3 Å². The molecule has 0 heterocycles. The second-order valence-electron chi connectivity index (χ2n) is 3.01. The zero-order valence-electron chi connectivity index (χ0n) is 7.72. The topological polar surface area (TPSA) is 72.5 Å². The molecule has 0 saturated carbocycles. The van der Waals surface area contributed by atoms with Crippen molar-refractivity contribution in [1.29, 1.82) is 0 Å². The SMILES string of the molecule is NOC(=O)C(CO)Cc1ccccc1. The van der Waals surface area contributed by atoms with Gasteiger partial charge in [0.1, 0.15) is 0 Å². The Kier molecular flexibility index (Phi) is 4.10. The van der Waals surface area contributed by atoms with E-state index >= 15 is 0 Å². The summed E-state index contributed by atoms with van der Waals surface area (Å²) < 4.78 is 0. The maximum atomic E-state index is 11.0. The van der Waals surface area contributed by atoms with Crippen LogP contribution in [-0.2, 0) is 16.1 Å². The van der Waals surface area contributed by atoms with Crippen LogP contribution in [-0.4, -0.2) is 17.7 Å². The summed E-state index contributed by atoms with van der Waals surface area (Å²) in [6, 6.07) is 9.40. The molecular formula is C10H13NO3. The monoisotopic (exact) mass is 195 g/mol. The van der Waals surface area contributed by atoms with Crippen molar-refractivity contribution in [2.45, 2.75) is 6.42 Å². The molecule has 0 saturated heterocycles. The molecule has 0 radical (unpaired) electrons. The van der Waals surface area contributed by atoms with E-state index < -0.39 is 11.9 Å². The van der Waals surface area contributed by atoms with Crippen LogP contribution >= 0.6 is 0 Å². The number of aliphatic hydroxyl groups is 1. The number of rotatable bonds is 4. The van der Waals surface area contributed by atoms with Gasteiger partial charge in [-0.15, -0.1) is 0 Å². The zero-order chi connectivity index (χ0) is 10.4. The highest BCUT2D eigenvalue weighted by atomic mass is 16.7. The van der Waals surface area contributed by atoms with Gasteiger partial charge in [0.25, 0.3) is 0 Å². The standard InChI is InChI=1S/C10H13NO3/c11-14-10(13)9(7-12)6-8-4-2-1-3-5-8/h1-5,9,12H,6-7,11H2. The summed E-state index contributed by atoms with van der Waals surface area (Å²) in [5.41, 5.74) is 0.969. The molecule has 0 bridgehead atoms. The third kappa shape index (κ3) is 2.83. The fourth-order valence-electron chi connectivity index (χ4n) is 1.22. The highest BCUT2D eigenvalue weighted by Crippen LogP contribution is 2.09. The third-order valence-electron chi connectivity index (χ3n) is 1.99. The van der Waals surface area contributed by atoms with Crippen molar-refractivity contribution in [2.75, 3.05) is 6.61 Å². The third-order valence-corrected chi connectivity index (χ3v) is 1.99. The van der Waals surface area contributed by atoms with Gasteiger partial charge in [-0.3, -0.25) is 0 Å². The van der Waals surface area contributed by atoms with Crippen LogP contribution in [0.5, 0.6) is 0 Å². The van der Waals surface area contributed by atoms with Crippen molar-refractivity contribution in [3.8, 4) is 0 Å². The molecule has 3 N–H and O–H groups in total. The van der Waals surface area contributed by atoms with E-state index in [0.717, 1.165) is 5.56 Å². The Morgan fingerprint density at radius 3 is 2.57 bits per heavy atom. The van der Waals surface area contributed by atoms with Gasteiger partial charge >= 0.3 is 5.97 Å². The molecule has 1 rings (SSSR count). The largest absolute Gasteiger partial charge is 0.395 e. The Bertz CT molecular complexity index is 287. The average molecular weight is 195 g/mol. The van der Waals surface area contributed by atoms with Crippen LogP contribution in [0.15, 0.2) is 30.3 Å². The highest BCUT2D eigenvalue weighted by Gasteiger charge is 2.18. The molecule has 0 aliphatic rings. The number of aliphatic hydroxyl groups excluding tert-OH is 1. The molecule has 0 aromatic heterocycles. The Labute approximate surface area is 82.3 Å². The van der Waals surface area contributed by atoms with Crippen molar-refractivity contribution in [3.05, 3.63) is 35.9 Å². The predicted molar refractivity (Wildman–Crippen MR) is 51.0 cm³/mol. The Hall–Kier alpha value is -1.39. The Balaban J connectivity index is 2.62. The smallest absolute Gasteiger partial charge is 0.330 e. The molecule has 1 aromatic rings. The maximum Gasteiger partial charge on any atom is 0.330 e. The van der Waals surface area contributed by atoms with Crippen LogP contribution in [0.4, 0.5) is 0 Å². The van der Waals surface area contributed by atoms with Crippen molar-refractivity contribution in [2.24, 2.45) is 11.8 Å². The van der Waals surface area contributed by atoms with Crippen molar-refractivity contribution in [1.82, 2.24) is 0 Å². The molecular weight excluding hydrogens is 182 g/mol. The van der Waals surface area contributed by atoms with Crippen molar-refractivity contribution < 1.29 is 14.7 Å². The van der Waals surface area contributed by atoms with Gasteiger partial charge in [0.15, 0.2) is 0 Å². The lowest BCUT2D eigenvalue weighted by atomic mass is 10.0. The minimum absolute atomic E-state index is 0.259. The molecule has 4 heteroatoms. The van der Waals surface area contributed by atoms with Crippen LogP contribution in [0, 0.1) is 5.92 Å². The molecule has 0 aliphatic heterocycles. The first kappa shape index (κ1) is 10.7. The molecule has 1 aromatic carbocycles. The molecule has 0 fully saturated rings. The van der Waals surface area contributed by atoms with Crippen molar-refractivity contribution in [3.63, 3.8) is 0 Å². The van der Waals surface area contributed by atoms with E-state index in [0.29, 0.717) is 6.42 Å². The quantitative estimate of drug-likeness (QED) is 0.676. The molecule has 0 aliphatic carbocycles. The van der Waals surface area contributed by atoms with E-state index in [9.17, 15) is 4.79 Å². The Morgan fingerprint density at radius 1 is 1.43 bits per heavy atom. The first-order chi connectivity index (χ1) is 6.77. The second-order valence-corrected chi connectivity index (χ2v) is 3.01. The molecule has 1 atom stereocenters. The van der Waals surface area contributed by atoms with Crippen LogP contribution in [0.3, 0.4) is 0 Å². The fraction of sp³-hybridized carbons (Fsp3) is 0.300. The second kappa shape index (κ2) is 5.36. The van der Waals surface area contributed by atoms with E-state index in [2.05, 4.69) is 4.84 Å². The van der Waals surface area contributed by atoms with Crippen LogP contribution < -0.4 is 5.90 Å². The van der Waals surface area contributed by atoms with E-state index in [1.165, 1.54) is 0 Å². The van der Waals surface area contributed by atoms with Gasteiger partial charge in [-0.1, -0.05) is 30.3 Å². The van der Waals surface area contributed by atoms with Gasteiger partial charge in [-0.25, -0.2) is 4.79 Å².